The Bertz CT molecular complexity index is 814. The average molecular weight is 397 g/mol. The summed E-state index contributed by atoms with van der Waals surface area (Å²) in [5.41, 5.74) is 1.17. The molecule has 1 fully saturated rings. The van der Waals surface area contributed by atoms with Crippen LogP contribution in [0.4, 0.5) is 10.5 Å². The molecule has 1 saturated heterocycles. The van der Waals surface area contributed by atoms with E-state index in [4.69, 9.17) is 5.11 Å². The van der Waals surface area contributed by atoms with E-state index in [2.05, 4.69) is 5.32 Å². The first-order chi connectivity index (χ1) is 12.5. The van der Waals surface area contributed by atoms with E-state index in [1.54, 1.807) is 31.7 Å². The fourth-order valence-corrected chi connectivity index (χ4v) is 4.26. The Balaban J connectivity index is 2.15. The van der Waals surface area contributed by atoms with Gasteiger partial charge in [0, 0.05) is 31.9 Å². The topological polar surface area (TPSA) is 107 Å². The molecule has 1 aliphatic heterocycles. The Hall–Kier alpha value is -2.13. The number of aliphatic carboxylic acids is 1. The third-order valence-corrected chi connectivity index (χ3v) is 7.02. The van der Waals surface area contributed by atoms with Crippen molar-refractivity contribution >= 4 is 27.7 Å². The van der Waals surface area contributed by atoms with Crippen LogP contribution in [0.3, 0.4) is 0 Å². The van der Waals surface area contributed by atoms with Crippen LogP contribution in [-0.2, 0) is 14.8 Å². The average Bonchev–Trinajstić information content (AvgIpc) is 2.62. The van der Waals surface area contributed by atoms with E-state index >= 15 is 0 Å². The third-order valence-electron chi connectivity index (χ3n) is 4.99. The first-order valence-corrected chi connectivity index (χ1v) is 10.4. The Kier molecular flexibility index (Phi) is 6.48. The molecule has 0 saturated carbocycles. The van der Waals surface area contributed by atoms with Gasteiger partial charge in [0.1, 0.15) is 0 Å². The van der Waals surface area contributed by atoms with Crippen LogP contribution in [0.15, 0.2) is 23.1 Å². The van der Waals surface area contributed by atoms with Crippen LogP contribution >= 0.6 is 0 Å². The minimum absolute atomic E-state index is 0.115. The summed E-state index contributed by atoms with van der Waals surface area (Å²) < 4.78 is 26.6. The fraction of sp³-hybridized carbons (Fsp3) is 0.556. The van der Waals surface area contributed by atoms with Gasteiger partial charge in [-0.2, -0.15) is 4.31 Å². The molecular formula is C18H27N3O5S. The second-order valence-electron chi connectivity index (χ2n) is 7.12. The predicted molar refractivity (Wildman–Crippen MR) is 102 cm³/mol. The maximum atomic E-state index is 12.7. The molecule has 0 spiro atoms. The molecule has 1 aliphatic rings. The first kappa shape index (κ1) is 21.2. The number of carbonyl (C=O) groups excluding carboxylic acids is 1. The van der Waals surface area contributed by atoms with Crippen molar-refractivity contribution in [3.8, 4) is 0 Å². The molecule has 0 aliphatic carbocycles. The Labute approximate surface area is 160 Å². The number of likely N-dealkylation sites (tertiary alicyclic amines) is 1. The highest BCUT2D eigenvalue weighted by Crippen LogP contribution is 2.24. The lowest BCUT2D eigenvalue weighted by atomic mass is 9.97. The number of anilines is 1. The molecule has 0 atom stereocenters. The van der Waals surface area contributed by atoms with Crippen LogP contribution in [0.1, 0.15) is 32.3 Å². The van der Waals surface area contributed by atoms with Crippen molar-refractivity contribution in [3.63, 3.8) is 0 Å². The minimum Gasteiger partial charge on any atom is -0.481 e. The summed E-state index contributed by atoms with van der Waals surface area (Å²) >= 11 is 0. The van der Waals surface area contributed by atoms with Crippen molar-refractivity contribution in [1.29, 1.82) is 0 Å². The number of carboxylic acids is 1. The molecule has 2 N–H and O–H groups in total. The van der Waals surface area contributed by atoms with Gasteiger partial charge in [0.2, 0.25) is 10.0 Å². The molecule has 1 aromatic rings. The van der Waals surface area contributed by atoms with Gasteiger partial charge in [-0.3, -0.25) is 4.79 Å². The Morgan fingerprint density at radius 3 is 2.37 bits per heavy atom. The highest BCUT2D eigenvalue weighted by atomic mass is 32.2. The monoisotopic (exact) mass is 397 g/mol. The van der Waals surface area contributed by atoms with Gasteiger partial charge in [-0.1, -0.05) is 6.07 Å². The highest BCUT2D eigenvalue weighted by molar-refractivity contribution is 7.89. The molecule has 2 amide bonds. The van der Waals surface area contributed by atoms with E-state index in [1.165, 1.54) is 23.5 Å². The molecule has 1 heterocycles. The van der Waals surface area contributed by atoms with Crippen molar-refractivity contribution in [2.75, 3.05) is 25.5 Å². The summed E-state index contributed by atoms with van der Waals surface area (Å²) in [4.78, 5) is 25.2. The van der Waals surface area contributed by atoms with Crippen molar-refractivity contribution in [1.82, 2.24) is 9.21 Å². The summed E-state index contributed by atoms with van der Waals surface area (Å²) in [5, 5.41) is 11.8. The first-order valence-electron chi connectivity index (χ1n) is 8.91. The molecule has 8 nitrogen and oxygen atoms in total. The van der Waals surface area contributed by atoms with Crippen molar-refractivity contribution < 1.29 is 23.1 Å². The van der Waals surface area contributed by atoms with Gasteiger partial charge in [0.25, 0.3) is 0 Å². The van der Waals surface area contributed by atoms with Gasteiger partial charge < -0.3 is 15.3 Å². The van der Waals surface area contributed by atoms with E-state index in [0.29, 0.717) is 31.6 Å². The molecule has 0 unspecified atom stereocenters. The van der Waals surface area contributed by atoms with E-state index in [9.17, 15) is 18.0 Å². The van der Waals surface area contributed by atoms with Gasteiger partial charge in [-0.05, 0) is 51.3 Å². The van der Waals surface area contributed by atoms with Gasteiger partial charge in [0.05, 0.1) is 10.8 Å². The largest absolute Gasteiger partial charge is 0.481 e. The zero-order chi connectivity index (χ0) is 20.4. The number of hydrogen-bond acceptors (Lipinski definition) is 4. The number of amides is 2. The number of sulfonamides is 1. The fourth-order valence-electron chi connectivity index (χ4n) is 2.86. The number of nitrogens with one attached hydrogen (secondary N) is 1. The molecule has 2 rings (SSSR count). The van der Waals surface area contributed by atoms with Gasteiger partial charge in [-0.25, -0.2) is 13.2 Å². The molecule has 0 radical (unpaired) electrons. The quantitative estimate of drug-likeness (QED) is 0.793. The normalized spacial score (nSPS) is 16.0. The van der Waals surface area contributed by atoms with Gasteiger partial charge in [0.15, 0.2) is 0 Å². The maximum absolute atomic E-state index is 12.7. The van der Waals surface area contributed by atoms with Gasteiger partial charge >= 0.3 is 12.0 Å². The lowest BCUT2D eigenvalue weighted by Crippen LogP contribution is -2.42. The van der Waals surface area contributed by atoms with Crippen LogP contribution < -0.4 is 5.32 Å². The summed E-state index contributed by atoms with van der Waals surface area (Å²) in [6.07, 6.45) is 0.824. The molecule has 27 heavy (non-hydrogen) atoms. The number of nitrogens with zero attached hydrogens (tertiary/aromatic N) is 2. The summed E-state index contributed by atoms with van der Waals surface area (Å²) in [6.45, 7) is 6.07. The van der Waals surface area contributed by atoms with E-state index < -0.39 is 21.9 Å². The summed E-state index contributed by atoms with van der Waals surface area (Å²) in [6, 6.07) is 4.11. The smallest absolute Gasteiger partial charge is 0.321 e. The van der Waals surface area contributed by atoms with Gasteiger partial charge in [-0.15, -0.1) is 0 Å². The molecule has 150 valence electrons. The lowest BCUT2D eigenvalue weighted by molar-refractivity contribution is -0.143. The molecule has 1 aromatic carbocycles. The number of urea groups is 1. The number of piperidine rings is 1. The highest BCUT2D eigenvalue weighted by Gasteiger charge is 2.28. The number of carboxylic acid groups (broad SMARTS) is 1. The van der Waals surface area contributed by atoms with Crippen molar-refractivity contribution in [2.45, 2.75) is 44.6 Å². The zero-order valence-corrected chi connectivity index (χ0v) is 16.9. The van der Waals surface area contributed by atoms with Crippen molar-refractivity contribution in [2.24, 2.45) is 5.92 Å². The summed E-state index contributed by atoms with van der Waals surface area (Å²) in [5.74, 6) is -1.26. The minimum atomic E-state index is -3.65. The standard InChI is InChI=1S/C18H27N3O5S/c1-12(2)20(4)27(25,26)15-6-5-13(3)16(11-15)19-18(24)21-9-7-14(8-10-21)17(22)23/h5-6,11-12,14H,7-10H2,1-4H3,(H,19,24)(H,22,23). The second kappa shape index (κ2) is 8.26. The summed E-state index contributed by atoms with van der Waals surface area (Å²) in [7, 11) is -2.13. The number of hydrogen-bond donors (Lipinski definition) is 2. The SMILES string of the molecule is Cc1ccc(S(=O)(=O)N(C)C(C)C)cc1NC(=O)N1CCC(C(=O)O)CC1. The second-order valence-corrected chi connectivity index (χ2v) is 9.12. The number of rotatable bonds is 5. The van der Waals surface area contributed by atoms with Crippen molar-refractivity contribution in [3.05, 3.63) is 23.8 Å². The van der Waals surface area contributed by atoms with E-state index in [-0.39, 0.29) is 17.0 Å². The molecular weight excluding hydrogens is 370 g/mol. The predicted octanol–water partition coefficient (Wildman–Crippen LogP) is 2.35. The third kappa shape index (κ3) is 4.78. The molecule has 9 heteroatoms. The lowest BCUT2D eigenvalue weighted by Gasteiger charge is -2.30. The number of carbonyl (C=O) groups is 2. The van der Waals surface area contributed by atoms with Crippen LogP contribution in [0, 0.1) is 12.8 Å². The number of aryl methyl sites for hydroxylation is 1. The Morgan fingerprint density at radius 1 is 1.26 bits per heavy atom. The Morgan fingerprint density at radius 2 is 1.85 bits per heavy atom. The van der Waals surface area contributed by atoms with E-state index in [0.717, 1.165) is 5.56 Å². The molecule has 0 aromatic heterocycles. The van der Waals surface area contributed by atoms with E-state index in [1.807, 2.05) is 0 Å². The van der Waals surface area contributed by atoms with Crippen LogP contribution in [0.25, 0.3) is 0 Å². The number of benzene rings is 1. The molecule has 0 bridgehead atoms. The van der Waals surface area contributed by atoms with Crippen LogP contribution in [0.5, 0.6) is 0 Å². The van der Waals surface area contributed by atoms with Crippen LogP contribution in [-0.4, -0.2) is 60.9 Å². The van der Waals surface area contributed by atoms with Crippen LogP contribution in [0.2, 0.25) is 0 Å². The zero-order valence-electron chi connectivity index (χ0n) is 16.1. The maximum Gasteiger partial charge on any atom is 0.321 e.